The van der Waals surface area contributed by atoms with E-state index >= 15 is 0 Å². The number of aliphatic hydroxyl groups is 1. The zero-order chi connectivity index (χ0) is 11.1. The summed E-state index contributed by atoms with van der Waals surface area (Å²) >= 11 is 6.01. The maximum atomic E-state index is 9.32. The average Bonchev–Trinajstić information content (AvgIpc) is 2.63. The first-order valence-electron chi connectivity index (χ1n) is 4.65. The topological polar surface area (TPSA) is 61.8 Å². The van der Waals surface area contributed by atoms with E-state index in [0.29, 0.717) is 10.8 Å². The Morgan fingerprint density at radius 1 is 1.47 bits per heavy atom. The summed E-state index contributed by atoms with van der Waals surface area (Å²) in [5.41, 5.74) is 1.28. The van der Waals surface area contributed by atoms with E-state index in [4.69, 9.17) is 11.6 Å². The molecule has 15 heavy (non-hydrogen) atoms. The Hall–Kier alpha value is -1.13. The molecule has 80 valence electrons. The summed E-state index contributed by atoms with van der Waals surface area (Å²) in [6, 6.07) is 0. The largest absolute Gasteiger partial charge is 0.395 e. The molecule has 0 aliphatic heterocycles. The van der Waals surface area contributed by atoms with Crippen molar-refractivity contribution in [1.82, 2.24) is 15.0 Å². The van der Waals surface area contributed by atoms with Crippen LogP contribution in [0.3, 0.4) is 0 Å². The van der Waals surface area contributed by atoms with Crippen LogP contribution in [0.5, 0.6) is 0 Å². The number of aromatic nitrogens is 3. The molecular formula is C10H12ClN3O. The molecule has 0 atom stereocenters. The van der Waals surface area contributed by atoms with Gasteiger partial charge in [-0.15, -0.1) is 0 Å². The zero-order valence-corrected chi connectivity index (χ0v) is 9.34. The van der Waals surface area contributed by atoms with Gasteiger partial charge in [0.1, 0.15) is 17.1 Å². The monoisotopic (exact) mass is 225 g/mol. The molecule has 5 heteroatoms. The molecule has 2 heterocycles. The van der Waals surface area contributed by atoms with Crippen LogP contribution in [-0.4, -0.2) is 26.7 Å². The molecule has 0 saturated heterocycles. The van der Waals surface area contributed by atoms with Crippen LogP contribution in [0.1, 0.15) is 19.4 Å². The minimum absolute atomic E-state index is 0.0468. The normalized spacial score (nSPS) is 12.3. The summed E-state index contributed by atoms with van der Waals surface area (Å²) in [7, 11) is 0. The lowest BCUT2D eigenvalue weighted by atomic mass is 9.86. The van der Waals surface area contributed by atoms with Crippen LogP contribution in [-0.2, 0) is 5.41 Å². The Bertz CT molecular complexity index is 492. The molecule has 4 nitrogen and oxygen atoms in total. The molecule has 2 N–H and O–H groups in total. The van der Waals surface area contributed by atoms with Crippen LogP contribution in [0, 0.1) is 0 Å². The lowest BCUT2D eigenvalue weighted by molar-refractivity contribution is 0.219. The van der Waals surface area contributed by atoms with Gasteiger partial charge in [-0.2, -0.15) is 0 Å². The van der Waals surface area contributed by atoms with E-state index in [1.54, 1.807) is 0 Å². The van der Waals surface area contributed by atoms with E-state index in [9.17, 15) is 5.11 Å². The highest BCUT2D eigenvalue weighted by Gasteiger charge is 2.24. The van der Waals surface area contributed by atoms with Gasteiger partial charge in [-0.3, -0.25) is 0 Å². The number of rotatable bonds is 2. The van der Waals surface area contributed by atoms with Crippen LogP contribution in [0.2, 0.25) is 5.15 Å². The standard InChI is InChI=1S/C10H12ClN3O/c1-10(2,4-15)6-3-12-9-7(6)8(11)13-5-14-9/h3,5,15H,4H2,1-2H3,(H,12,13,14). The molecular weight excluding hydrogens is 214 g/mol. The Balaban J connectivity index is 2.73. The van der Waals surface area contributed by atoms with E-state index in [1.807, 2.05) is 20.0 Å². The Labute approximate surface area is 92.3 Å². The Morgan fingerprint density at radius 3 is 2.87 bits per heavy atom. The molecule has 0 aliphatic carbocycles. The van der Waals surface area contributed by atoms with E-state index in [0.717, 1.165) is 10.9 Å². The third-order valence-electron chi connectivity index (χ3n) is 2.55. The number of fused-ring (bicyclic) bond motifs is 1. The summed E-state index contributed by atoms with van der Waals surface area (Å²) in [5.74, 6) is 0. The smallest absolute Gasteiger partial charge is 0.142 e. The minimum Gasteiger partial charge on any atom is -0.395 e. The maximum Gasteiger partial charge on any atom is 0.142 e. The SMILES string of the molecule is CC(C)(CO)c1c[nH]c2ncnc(Cl)c12. The molecule has 2 aromatic heterocycles. The van der Waals surface area contributed by atoms with Crippen LogP contribution in [0.4, 0.5) is 0 Å². The van der Waals surface area contributed by atoms with E-state index < -0.39 is 0 Å². The van der Waals surface area contributed by atoms with Crippen molar-refractivity contribution in [2.75, 3.05) is 6.61 Å². The number of hydrogen-bond acceptors (Lipinski definition) is 3. The van der Waals surface area contributed by atoms with Gasteiger partial charge in [0.2, 0.25) is 0 Å². The Morgan fingerprint density at radius 2 is 2.20 bits per heavy atom. The van der Waals surface area contributed by atoms with Crippen LogP contribution >= 0.6 is 11.6 Å². The second-order valence-corrected chi connectivity index (χ2v) is 4.49. The second kappa shape index (κ2) is 3.47. The number of H-pyrrole nitrogens is 1. The van der Waals surface area contributed by atoms with Crippen LogP contribution < -0.4 is 0 Å². The summed E-state index contributed by atoms with van der Waals surface area (Å²) < 4.78 is 0. The molecule has 2 rings (SSSR count). The fraction of sp³-hybridized carbons (Fsp3) is 0.400. The second-order valence-electron chi connectivity index (χ2n) is 4.13. The number of hydrogen-bond donors (Lipinski definition) is 2. The number of nitrogens with zero attached hydrogens (tertiary/aromatic N) is 2. The summed E-state index contributed by atoms with van der Waals surface area (Å²) in [6.45, 7) is 3.93. The van der Waals surface area contributed by atoms with E-state index in [2.05, 4.69) is 15.0 Å². The predicted molar refractivity (Wildman–Crippen MR) is 59.0 cm³/mol. The maximum absolute atomic E-state index is 9.32. The van der Waals surface area contributed by atoms with Gasteiger partial charge in [0.05, 0.1) is 12.0 Å². The molecule has 0 aromatic carbocycles. The average molecular weight is 226 g/mol. The van der Waals surface area contributed by atoms with E-state index in [-0.39, 0.29) is 12.0 Å². The van der Waals surface area contributed by atoms with Crippen molar-refractivity contribution in [3.8, 4) is 0 Å². The molecule has 0 radical (unpaired) electrons. The highest BCUT2D eigenvalue weighted by Crippen LogP contribution is 2.32. The fourth-order valence-corrected chi connectivity index (χ4v) is 1.78. The van der Waals surface area contributed by atoms with Gasteiger partial charge in [-0.05, 0) is 5.56 Å². The molecule has 2 aromatic rings. The Kier molecular flexibility index (Phi) is 2.40. The molecule has 0 fully saturated rings. The highest BCUT2D eigenvalue weighted by atomic mass is 35.5. The molecule has 0 amide bonds. The van der Waals surface area contributed by atoms with Crippen molar-refractivity contribution in [1.29, 1.82) is 0 Å². The van der Waals surface area contributed by atoms with Gasteiger partial charge < -0.3 is 10.1 Å². The number of nitrogens with one attached hydrogen (secondary N) is 1. The molecule has 0 unspecified atom stereocenters. The van der Waals surface area contributed by atoms with Crippen molar-refractivity contribution < 1.29 is 5.11 Å². The minimum atomic E-state index is -0.355. The molecule has 0 spiro atoms. The van der Waals surface area contributed by atoms with Gasteiger partial charge in [0.15, 0.2) is 0 Å². The summed E-state index contributed by atoms with van der Waals surface area (Å²) in [6.07, 6.45) is 3.23. The number of aromatic amines is 1. The third-order valence-corrected chi connectivity index (χ3v) is 2.83. The van der Waals surface area contributed by atoms with Crippen molar-refractivity contribution in [3.05, 3.63) is 23.2 Å². The molecule has 0 saturated carbocycles. The van der Waals surface area contributed by atoms with Crippen LogP contribution in [0.25, 0.3) is 11.0 Å². The first-order valence-corrected chi connectivity index (χ1v) is 5.03. The van der Waals surface area contributed by atoms with Crippen molar-refractivity contribution in [3.63, 3.8) is 0 Å². The first kappa shape index (κ1) is 10.4. The first-order chi connectivity index (χ1) is 7.06. The highest BCUT2D eigenvalue weighted by molar-refractivity contribution is 6.34. The summed E-state index contributed by atoms with van der Waals surface area (Å²) in [5, 5.41) is 10.5. The number of aliphatic hydroxyl groups excluding tert-OH is 1. The van der Waals surface area contributed by atoms with E-state index in [1.165, 1.54) is 6.33 Å². The molecule has 0 aliphatic rings. The number of halogens is 1. The predicted octanol–water partition coefficient (Wildman–Crippen LogP) is 1.88. The van der Waals surface area contributed by atoms with Gasteiger partial charge in [0.25, 0.3) is 0 Å². The zero-order valence-electron chi connectivity index (χ0n) is 8.58. The molecule has 0 bridgehead atoms. The van der Waals surface area contributed by atoms with Gasteiger partial charge in [-0.1, -0.05) is 25.4 Å². The van der Waals surface area contributed by atoms with Crippen molar-refractivity contribution in [2.45, 2.75) is 19.3 Å². The summed E-state index contributed by atoms with van der Waals surface area (Å²) in [4.78, 5) is 11.0. The van der Waals surface area contributed by atoms with Crippen molar-refractivity contribution in [2.24, 2.45) is 0 Å². The lowest BCUT2D eigenvalue weighted by Crippen LogP contribution is -2.21. The van der Waals surface area contributed by atoms with Gasteiger partial charge in [-0.25, -0.2) is 9.97 Å². The van der Waals surface area contributed by atoms with Gasteiger partial charge >= 0.3 is 0 Å². The van der Waals surface area contributed by atoms with Crippen molar-refractivity contribution >= 4 is 22.6 Å². The third kappa shape index (κ3) is 1.60. The van der Waals surface area contributed by atoms with Gasteiger partial charge in [0, 0.05) is 11.6 Å². The van der Waals surface area contributed by atoms with Crippen LogP contribution in [0.15, 0.2) is 12.5 Å². The quantitative estimate of drug-likeness (QED) is 0.768. The fourth-order valence-electron chi connectivity index (χ4n) is 1.54. The lowest BCUT2D eigenvalue weighted by Gasteiger charge is -2.20.